The van der Waals surface area contributed by atoms with E-state index >= 15 is 0 Å². The van der Waals surface area contributed by atoms with Crippen molar-refractivity contribution in [3.63, 3.8) is 0 Å². The molecular formula is C21H25F3N4O3. The Bertz CT molecular complexity index is 944. The largest absolute Gasteiger partial charge is 0.416 e. The molecule has 1 aliphatic heterocycles. The summed E-state index contributed by atoms with van der Waals surface area (Å²) in [5.74, 6) is -0.248. The number of nitrogens with zero attached hydrogens (tertiary/aromatic N) is 4. The van der Waals surface area contributed by atoms with Crippen molar-refractivity contribution in [3.8, 4) is 0 Å². The third-order valence-electron chi connectivity index (χ3n) is 5.16. The van der Waals surface area contributed by atoms with Crippen LogP contribution < -0.4 is 5.56 Å². The van der Waals surface area contributed by atoms with E-state index in [0.29, 0.717) is 32.8 Å². The second-order valence-corrected chi connectivity index (χ2v) is 7.39. The van der Waals surface area contributed by atoms with Crippen molar-refractivity contribution in [3.05, 3.63) is 63.6 Å². The van der Waals surface area contributed by atoms with Crippen LogP contribution in [0.15, 0.2) is 41.2 Å². The van der Waals surface area contributed by atoms with Gasteiger partial charge in [0, 0.05) is 45.9 Å². The van der Waals surface area contributed by atoms with Crippen molar-refractivity contribution >= 4 is 5.91 Å². The van der Waals surface area contributed by atoms with Gasteiger partial charge in [0.2, 0.25) is 0 Å². The molecule has 1 aliphatic rings. The Balaban J connectivity index is 1.60. The Labute approximate surface area is 178 Å². The summed E-state index contributed by atoms with van der Waals surface area (Å²) in [6.45, 7) is 3.42. The molecule has 2 heterocycles. The number of rotatable bonds is 6. The van der Waals surface area contributed by atoms with Gasteiger partial charge in [0.15, 0.2) is 0 Å². The van der Waals surface area contributed by atoms with Gasteiger partial charge in [0.05, 0.1) is 18.7 Å². The smallest absolute Gasteiger partial charge is 0.383 e. The first-order valence-electron chi connectivity index (χ1n) is 10.0. The molecule has 1 fully saturated rings. The van der Waals surface area contributed by atoms with Crippen molar-refractivity contribution in [2.75, 3.05) is 39.9 Å². The van der Waals surface area contributed by atoms with Gasteiger partial charge in [-0.15, -0.1) is 0 Å². The van der Waals surface area contributed by atoms with E-state index in [2.05, 4.69) is 10.00 Å². The van der Waals surface area contributed by atoms with Crippen molar-refractivity contribution in [2.45, 2.75) is 25.7 Å². The second kappa shape index (κ2) is 10.1. The van der Waals surface area contributed by atoms with E-state index in [4.69, 9.17) is 4.74 Å². The first-order chi connectivity index (χ1) is 14.8. The van der Waals surface area contributed by atoms with Crippen molar-refractivity contribution in [1.82, 2.24) is 19.6 Å². The molecule has 0 radical (unpaired) electrons. The first kappa shape index (κ1) is 23.0. The lowest BCUT2D eigenvalue weighted by molar-refractivity contribution is -0.137. The standard InChI is InChI=1S/C21H25F3N4O3/c1-31-14-13-28-19(29)8-7-18(25-28)20(30)27-10-2-9-26(11-12-27)15-16-3-5-17(6-4-16)21(22,23)24/h3-8H,2,9-15H2,1H3. The van der Waals surface area contributed by atoms with Crippen LogP contribution in [-0.4, -0.2) is 65.4 Å². The van der Waals surface area contributed by atoms with E-state index in [0.717, 1.165) is 30.7 Å². The maximum atomic E-state index is 12.9. The number of benzene rings is 1. The lowest BCUT2D eigenvalue weighted by atomic mass is 10.1. The Kier molecular flexibility index (Phi) is 7.45. The summed E-state index contributed by atoms with van der Waals surface area (Å²) in [5.41, 5.74) is 0.0296. The lowest BCUT2D eigenvalue weighted by Gasteiger charge is -2.22. The van der Waals surface area contributed by atoms with Crippen molar-refractivity contribution < 1.29 is 22.7 Å². The molecule has 0 atom stereocenters. The average Bonchev–Trinajstić information content (AvgIpc) is 2.98. The third kappa shape index (κ3) is 6.14. The molecule has 1 saturated heterocycles. The minimum atomic E-state index is -4.35. The summed E-state index contributed by atoms with van der Waals surface area (Å²) in [6.07, 6.45) is -3.61. The molecule has 7 nitrogen and oxygen atoms in total. The van der Waals surface area contributed by atoms with Gasteiger partial charge in [0.25, 0.3) is 11.5 Å². The second-order valence-electron chi connectivity index (χ2n) is 7.39. The molecule has 0 unspecified atom stereocenters. The number of methoxy groups -OCH3 is 1. The van der Waals surface area contributed by atoms with Gasteiger partial charge < -0.3 is 9.64 Å². The number of halogens is 3. The van der Waals surface area contributed by atoms with Gasteiger partial charge in [-0.1, -0.05) is 12.1 Å². The highest BCUT2D eigenvalue weighted by Crippen LogP contribution is 2.29. The number of ether oxygens (including phenoxy) is 1. The number of aromatic nitrogens is 2. The van der Waals surface area contributed by atoms with Crippen molar-refractivity contribution in [1.29, 1.82) is 0 Å². The maximum absolute atomic E-state index is 12.9. The van der Waals surface area contributed by atoms with Gasteiger partial charge in [-0.05, 0) is 30.2 Å². The van der Waals surface area contributed by atoms with E-state index in [1.54, 1.807) is 4.90 Å². The minimum absolute atomic E-state index is 0.201. The van der Waals surface area contributed by atoms with Crippen LogP contribution in [0.1, 0.15) is 28.0 Å². The van der Waals surface area contributed by atoms with Crippen molar-refractivity contribution in [2.24, 2.45) is 0 Å². The fourth-order valence-electron chi connectivity index (χ4n) is 3.45. The predicted octanol–water partition coefficient (Wildman–Crippen LogP) is 2.26. The van der Waals surface area contributed by atoms with Crippen LogP contribution in [0.2, 0.25) is 0 Å². The molecule has 0 bridgehead atoms. The lowest BCUT2D eigenvalue weighted by Crippen LogP contribution is -2.37. The summed E-state index contributed by atoms with van der Waals surface area (Å²) in [5, 5.41) is 4.16. The maximum Gasteiger partial charge on any atom is 0.416 e. The summed E-state index contributed by atoms with van der Waals surface area (Å²) < 4.78 is 44.3. The van der Waals surface area contributed by atoms with Crippen LogP contribution >= 0.6 is 0 Å². The Hall–Kier alpha value is -2.72. The number of alkyl halides is 3. The predicted molar refractivity (Wildman–Crippen MR) is 108 cm³/mol. The summed E-state index contributed by atoms with van der Waals surface area (Å²) in [7, 11) is 1.52. The molecule has 2 aromatic rings. The first-order valence-corrected chi connectivity index (χ1v) is 10.0. The van der Waals surface area contributed by atoms with Gasteiger partial charge in [-0.25, -0.2) is 4.68 Å². The average molecular weight is 438 g/mol. The normalized spacial score (nSPS) is 15.7. The Morgan fingerprint density at radius 1 is 1.06 bits per heavy atom. The van der Waals surface area contributed by atoms with E-state index in [9.17, 15) is 22.8 Å². The quantitative estimate of drug-likeness (QED) is 0.692. The fraction of sp³-hybridized carbons (Fsp3) is 0.476. The molecule has 31 heavy (non-hydrogen) atoms. The summed E-state index contributed by atoms with van der Waals surface area (Å²) in [6, 6.07) is 7.91. The molecule has 0 saturated carbocycles. The molecule has 0 spiro atoms. The zero-order chi connectivity index (χ0) is 22.4. The molecule has 1 aromatic carbocycles. The third-order valence-corrected chi connectivity index (χ3v) is 5.16. The topological polar surface area (TPSA) is 67.7 Å². The molecule has 10 heteroatoms. The Morgan fingerprint density at radius 2 is 1.81 bits per heavy atom. The van der Waals surface area contributed by atoms with Crippen LogP contribution in [0.3, 0.4) is 0 Å². The fourth-order valence-corrected chi connectivity index (χ4v) is 3.45. The molecule has 168 valence electrons. The van der Waals surface area contributed by atoms with Gasteiger partial charge >= 0.3 is 6.18 Å². The number of hydrogen-bond acceptors (Lipinski definition) is 5. The zero-order valence-corrected chi connectivity index (χ0v) is 17.3. The van der Waals surface area contributed by atoms with Crippen LogP contribution in [0.25, 0.3) is 0 Å². The monoisotopic (exact) mass is 438 g/mol. The van der Waals surface area contributed by atoms with Crippen LogP contribution in [0.4, 0.5) is 13.2 Å². The molecule has 3 rings (SSSR count). The van der Waals surface area contributed by atoms with E-state index in [-0.39, 0.29) is 23.7 Å². The zero-order valence-electron chi connectivity index (χ0n) is 17.3. The molecular weight excluding hydrogens is 413 g/mol. The van der Waals surface area contributed by atoms with Crippen LogP contribution in [0.5, 0.6) is 0 Å². The molecule has 1 aromatic heterocycles. The van der Waals surface area contributed by atoms with E-state index < -0.39 is 11.7 Å². The van der Waals surface area contributed by atoms with Gasteiger partial charge in [-0.3, -0.25) is 14.5 Å². The summed E-state index contributed by atoms with van der Waals surface area (Å²) >= 11 is 0. The van der Waals surface area contributed by atoms with E-state index in [1.165, 1.54) is 36.1 Å². The molecule has 1 amide bonds. The van der Waals surface area contributed by atoms with E-state index in [1.807, 2.05) is 0 Å². The van der Waals surface area contributed by atoms with Crippen LogP contribution in [0, 0.1) is 0 Å². The SMILES string of the molecule is COCCn1nc(C(=O)N2CCCN(Cc3ccc(C(F)(F)F)cc3)CC2)ccc1=O. The highest BCUT2D eigenvalue weighted by molar-refractivity contribution is 5.92. The molecule has 0 N–H and O–H groups in total. The summed E-state index contributed by atoms with van der Waals surface area (Å²) in [4.78, 5) is 28.6. The Morgan fingerprint density at radius 3 is 2.48 bits per heavy atom. The van der Waals surface area contributed by atoms with Crippen LogP contribution in [-0.2, 0) is 24.0 Å². The van der Waals surface area contributed by atoms with Gasteiger partial charge in [-0.2, -0.15) is 18.3 Å². The highest BCUT2D eigenvalue weighted by atomic mass is 19.4. The highest BCUT2D eigenvalue weighted by Gasteiger charge is 2.30. The minimum Gasteiger partial charge on any atom is -0.383 e. The number of carbonyl (C=O) groups is 1. The number of amides is 1. The number of hydrogen-bond donors (Lipinski definition) is 0. The number of carbonyl (C=O) groups excluding carboxylic acids is 1. The molecule has 0 aliphatic carbocycles. The van der Waals surface area contributed by atoms with Gasteiger partial charge in [0.1, 0.15) is 5.69 Å².